The molecule has 4 nitrogen and oxygen atoms in total. The van der Waals surface area contributed by atoms with E-state index in [-0.39, 0.29) is 5.91 Å². The summed E-state index contributed by atoms with van der Waals surface area (Å²) in [7, 11) is 0. The van der Waals surface area contributed by atoms with Gasteiger partial charge in [0.05, 0.1) is 17.0 Å². The van der Waals surface area contributed by atoms with Gasteiger partial charge < -0.3 is 15.7 Å². The Morgan fingerprint density at radius 3 is 2.10 bits per heavy atom. The minimum absolute atomic E-state index is 0.192. The van der Waals surface area contributed by atoms with Crippen molar-refractivity contribution in [3.63, 3.8) is 0 Å². The molecule has 0 radical (unpaired) electrons. The second-order valence-corrected chi connectivity index (χ2v) is 8.49. The number of nitrogens with one attached hydrogen (secondary N) is 2. The molecule has 2 heterocycles. The van der Waals surface area contributed by atoms with E-state index in [1.165, 1.54) is 4.90 Å². The van der Waals surface area contributed by atoms with Gasteiger partial charge in [0.25, 0.3) is 5.91 Å². The van der Waals surface area contributed by atoms with Crippen molar-refractivity contribution in [2.24, 2.45) is 0 Å². The quantitative estimate of drug-likeness (QED) is 0.597. The summed E-state index contributed by atoms with van der Waals surface area (Å²) in [6, 6.07) is 26.1. The number of benzene rings is 3. The molecule has 0 saturated carbocycles. The van der Waals surface area contributed by atoms with E-state index in [4.69, 9.17) is 0 Å². The molecule has 0 saturated heterocycles. The first-order valence-corrected chi connectivity index (χ1v) is 10.6. The topological polar surface area (TPSA) is 61.4 Å². The van der Waals surface area contributed by atoms with Crippen LogP contribution in [0.3, 0.4) is 0 Å². The van der Waals surface area contributed by atoms with Gasteiger partial charge in [-0.05, 0) is 42.3 Å². The van der Waals surface area contributed by atoms with Gasteiger partial charge in [0.15, 0.2) is 6.23 Å². The Balaban J connectivity index is 1.49. The summed E-state index contributed by atoms with van der Waals surface area (Å²) < 4.78 is 0. The predicted molar refractivity (Wildman–Crippen MR) is 119 cm³/mol. The van der Waals surface area contributed by atoms with E-state index in [1.54, 1.807) is 11.8 Å². The molecule has 1 atom stereocenters. The molecule has 3 aromatic carbocycles. The number of carbonyl (C=O) groups is 1. The van der Waals surface area contributed by atoms with Gasteiger partial charge in [-0.3, -0.25) is 4.79 Å². The summed E-state index contributed by atoms with van der Waals surface area (Å²) in [4.78, 5) is 15.1. The van der Waals surface area contributed by atoms with Crippen LogP contribution in [0.15, 0.2) is 99.8 Å². The van der Waals surface area contributed by atoms with Crippen molar-refractivity contribution in [1.29, 1.82) is 0 Å². The Morgan fingerprint density at radius 2 is 1.40 bits per heavy atom. The van der Waals surface area contributed by atoms with Crippen molar-refractivity contribution in [3.8, 4) is 0 Å². The van der Waals surface area contributed by atoms with Crippen LogP contribution in [0.1, 0.15) is 16.7 Å². The van der Waals surface area contributed by atoms with E-state index in [1.807, 2.05) is 73.7 Å². The molecule has 0 fully saturated rings. The van der Waals surface area contributed by atoms with Gasteiger partial charge in [0.2, 0.25) is 0 Å². The van der Waals surface area contributed by atoms with Crippen LogP contribution < -0.4 is 10.6 Å². The number of aliphatic hydroxyl groups excluding tert-OH is 1. The van der Waals surface area contributed by atoms with E-state index in [2.05, 4.69) is 22.8 Å². The molecular weight excluding hydrogens is 392 g/mol. The fourth-order valence-corrected chi connectivity index (χ4v) is 4.62. The molecule has 0 aromatic heterocycles. The number of amides is 1. The molecule has 3 aromatic rings. The molecule has 1 unspecified atom stereocenters. The largest absolute Gasteiger partial charge is 0.369 e. The lowest BCUT2D eigenvalue weighted by molar-refractivity contribution is -0.115. The smallest absolute Gasteiger partial charge is 0.258 e. The van der Waals surface area contributed by atoms with Crippen LogP contribution in [-0.4, -0.2) is 17.2 Å². The third-order valence-electron chi connectivity index (χ3n) is 5.27. The van der Waals surface area contributed by atoms with Crippen molar-refractivity contribution in [1.82, 2.24) is 10.6 Å². The number of hydrogen-bond acceptors (Lipinski definition) is 4. The summed E-state index contributed by atoms with van der Waals surface area (Å²) in [5, 5.41) is 16.7. The second kappa shape index (κ2) is 7.52. The van der Waals surface area contributed by atoms with E-state index >= 15 is 0 Å². The average molecular weight is 413 g/mol. The summed E-state index contributed by atoms with van der Waals surface area (Å²) >= 11 is 1.68. The van der Waals surface area contributed by atoms with Crippen molar-refractivity contribution in [2.75, 3.05) is 0 Å². The number of rotatable bonds is 4. The predicted octanol–water partition coefficient (Wildman–Crippen LogP) is 4.32. The fraction of sp³-hybridized carbons (Fsp3) is 0.0800. The number of carbonyl (C=O) groups excluding carboxylic acids is 1. The zero-order valence-electron chi connectivity index (χ0n) is 16.3. The molecule has 0 spiro atoms. The lowest BCUT2D eigenvalue weighted by Crippen LogP contribution is -2.25. The van der Waals surface area contributed by atoms with E-state index in [0.29, 0.717) is 22.5 Å². The molecule has 5 rings (SSSR count). The minimum Gasteiger partial charge on any atom is -0.369 e. The SMILES string of the molecule is Cc1ccc(C2=C3C(=O)NC(c4ccc(Sc5ccccc5)cc4)=C3C(O)N2)cc1. The highest BCUT2D eigenvalue weighted by Crippen LogP contribution is 2.39. The molecule has 3 N–H and O–H groups in total. The number of aryl methyl sites for hydroxylation is 1. The summed E-state index contributed by atoms with van der Waals surface area (Å²) in [5.41, 5.74) is 5.36. The molecule has 0 bridgehead atoms. The monoisotopic (exact) mass is 412 g/mol. The minimum atomic E-state index is -0.927. The molecule has 30 heavy (non-hydrogen) atoms. The van der Waals surface area contributed by atoms with Gasteiger partial charge in [-0.2, -0.15) is 0 Å². The maximum Gasteiger partial charge on any atom is 0.258 e. The van der Waals surface area contributed by atoms with Crippen LogP contribution in [0.25, 0.3) is 11.4 Å². The van der Waals surface area contributed by atoms with Crippen molar-refractivity contribution >= 4 is 29.1 Å². The first-order chi connectivity index (χ1) is 14.6. The van der Waals surface area contributed by atoms with E-state index < -0.39 is 6.23 Å². The molecule has 2 aliphatic rings. The van der Waals surface area contributed by atoms with Gasteiger partial charge in [-0.15, -0.1) is 0 Å². The summed E-state index contributed by atoms with van der Waals surface area (Å²) in [6.45, 7) is 2.02. The Labute approximate surface area is 179 Å². The molecule has 2 aliphatic heterocycles. The van der Waals surface area contributed by atoms with Gasteiger partial charge in [0, 0.05) is 15.4 Å². The molecule has 5 heteroatoms. The molecule has 0 aliphatic carbocycles. The Hall–Kier alpha value is -3.28. The zero-order chi connectivity index (χ0) is 20.7. The van der Waals surface area contributed by atoms with Crippen molar-refractivity contribution in [3.05, 3.63) is 107 Å². The van der Waals surface area contributed by atoms with Gasteiger partial charge in [-0.1, -0.05) is 71.9 Å². The van der Waals surface area contributed by atoms with Gasteiger partial charge >= 0.3 is 0 Å². The van der Waals surface area contributed by atoms with Gasteiger partial charge in [0.1, 0.15) is 0 Å². The van der Waals surface area contributed by atoms with Gasteiger partial charge in [-0.25, -0.2) is 0 Å². The Kier molecular flexibility index (Phi) is 4.69. The first kappa shape index (κ1) is 18.7. The Morgan fingerprint density at radius 1 is 0.800 bits per heavy atom. The fourth-order valence-electron chi connectivity index (χ4n) is 3.78. The molecule has 148 valence electrons. The summed E-state index contributed by atoms with van der Waals surface area (Å²) in [6.07, 6.45) is -0.927. The van der Waals surface area contributed by atoms with E-state index in [0.717, 1.165) is 21.6 Å². The van der Waals surface area contributed by atoms with Crippen LogP contribution >= 0.6 is 11.8 Å². The number of fused-ring (bicyclic) bond motifs is 1. The number of aliphatic hydroxyl groups is 1. The molecular formula is C25H20N2O2S. The van der Waals surface area contributed by atoms with E-state index in [9.17, 15) is 9.90 Å². The van der Waals surface area contributed by atoms with Crippen LogP contribution in [0.5, 0.6) is 0 Å². The zero-order valence-corrected chi connectivity index (χ0v) is 17.2. The van der Waals surface area contributed by atoms with Crippen LogP contribution in [0.2, 0.25) is 0 Å². The third-order valence-corrected chi connectivity index (χ3v) is 6.29. The first-order valence-electron chi connectivity index (χ1n) is 9.75. The van der Waals surface area contributed by atoms with Crippen LogP contribution in [0, 0.1) is 6.92 Å². The maximum atomic E-state index is 12.8. The maximum absolute atomic E-state index is 12.8. The van der Waals surface area contributed by atoms with Crippen molar-refractivity contribution < 1.29 is 9.90 Å². The second-order valence-electron chi connectivity index (χ2n) is 7.35. The normalized spacial score (nSPS) is 17.8. The van der Waals surface area contributed by atoms with Crippen molar-refractivity contribution in [2.45, 2.75) is 22.9 Å². The highest BCUT2D eigenvalue weighted by molar-refractivity contribution is 7.99. The standard InChI is InChI=1S/C25H20N2O2S/c1-15-7-9-16(10-8-15)22-20-21(25(29)26-22)23(27-24(20)28)17-11-13-19(14-12-17)30-18-5-3-2-4-6-18/h2-14,25-26,29H,1H3,(H,27,28). The average Bonchev–Trinajstić information content (AvgIpc) is 3.28. The molecule has 1 amide bonds. The Bertz CT molecular complexity index is 1180. The number of hydrogen-bond donors (Lipinski definition) is 3. The lowest BCUT2D eigenvalue weighted by Gasteiger charge is -2.12. The summed E-state index contributed by atoms with van der Waals surface area (Å²) in [5.74, 6) is -0.192. The lowest BCUT2D eigenvalue weighted by atomic mass is 10.0. The third kappa shape index (κ3) is 3.32. The highest BCUT2D eigenvalue weighted by Gasteiger charge is 2.40. The van der Waals surface area contributed by atoms with Crippen LogP contribution in [-0.2, 0) is 4.79 Å². The van der Waals surface area contributed by atoms with Crippen LogP contribution in [0.4, 0.5) is 0 Å². The highest BCUT2D eigenvalue weighted by atomic mass is 32.2.